The molecule has 5 nitrogen and oxygen atoms in total. The van der Waals surface area contributed by atoms with Gasteiger partial charge in [-0.2, -0.15) is 13.2 Å². The second kappa shape index (κ2) is 5.16. The van der Waals surface area contributed by atoms with Crippen LogP contribution in [0.15, 0.2) is 36.8 Å². The number of benzene rings is 1. The van der Waals surface area contributed by atoms with E-state index in [4.69, 9.17) is 5.73 Å². The number of nitrogens with one attached hydrogen (secondary N) is 1. The first kappa shape index (κ1) is 13.8. The Morgan fingerprint density at radius 2 is 2.00 bits per heavy atom. The molecule has 0 saturated carbocycles. The molecule has 0 atom stereocenters. The zero-order valence-electron chi connectivity index (χ0n) is 9.98. The Balaban J connectivity index is 2.30. The molecule has 8 heteroatoms. The lowest BCUT2D eigenvalue weighted by Gasteiger charge is -2.11. The Bertz CT molecular complexity index is 628. The largest absolute Gasteiger partial charge is 0.416 e. The number of rotatable bonds is 2. The predicted molar refractivity (Wildman–Crippen MR) is 65.8 cm³/mol. The van der Waals surface area contributed by atoms with E-state index in [-0.39, 0.29) is 17.1 Å². The third kappa shape index (κ3) is 3.02. The maximum atomic E-state index is 12.6. The molecule has 1 heterocycles. The molecule has 104 valence electrons. The summed E-state index contributed by atoms with van der Waals surface area (Å²) in [5, 5.41) is 2.32. The van der Waals surface area contributed by atoms with Crippen LogP contribution in [-0.4, -0.2) is 15.9 Å². The van der Waals surface area contributed by atoms with Gasteiger partial charge in [-0.05, 0) is 18.2 Å². The van der Waals surface area contributed by atoms with Crippen LogP contribution in [0, 0.1) is 0 Å². The van der Waals surface area contributed by atoms with Crippen LogP contribution in [0.25, 0.3) is 0 Å². The smallest absolute Gasteiger partial charge is 0.398 e. The highest BCUT2D eigenvalue weighted by Crippen LogP contribution is 2.31. The Kier molecular flexibility index (Phi) is 3.55. The van der Waals surface area contributed by atoms with Crippen molar-refractivity contribution in [3.63, 3.8) is 0 Å². The highest BCUT2D eigenvalue weighted by atomic mass is 19.4. The van der Waals surface area contributed by atoms with Crippen molar-refractivity contribution in [3.8, 4) is 0 Å². The number of nitrogens with zero attached hydrogens (tertiary/aromatic N) is 2. The van der Waals surface area contributed by atoms with Gasteiger partial charge < -0.3 is 11.1 Å². The predicted octanol–water partition coefficient (Wildman–Crippen LogP) is 2.33. The van der Waals surface area contributed by atoms with Gasteiger partial charge in [0.05, 0.1) is 17.3 Å². The molecular formula is C12H9F3N4O. The quantitative estimate of drug-likeness (QED) is 0.828. The van der Waals surface area contributed by atoms with Crippen molar-refractivity contribution in [2.75, 3.05) is 11.1 Å². The van der Waals surface area contributed by atoms with Gasteiger partial charge in [0, 0.05) is 18.1 Å². The van der Waals surface area contributed by atoms with Gasteiger partial charge in [0.25, 0.3) is 5.91 Å². The topological polar surface area (TPSA) is 80.9 Å². The second-order valence-corrected chi connectivity index (χ2v) is 3.84. The molecule has 0 saturated heterocycles. The summed E-state index contributed by atoms with van der Waals surface area (Å²) in [6.45, 7) is 0. The first-order valence-electron chi connectivity index (χ1n) is 5.42. The molecule has 0 aliphatic carbocycles. The van der Waals surface area contributed by atoms with Crippen LogP contribution in [0.1, 0.15) is 15.9 Å². The number of amides is 1. The number of alkyl halides is 3. The van der Waals surface area contributed by atoms with E-state index in [1.165, 1.54) is 18.6 Å². The van der Waals surface area contributed by atoms with Crippen molar-refractivity contribution in [3.05, 3.63) is 47.9 Å². The van der Waals surface area contributed by atoms with Gasteiger partial charge in [-0.3, -0.25) is 9.78 Å². The van der Waals surface area contributed by atoms with Gasteiger partial charge in [0.2, 0.25) is 0 Å². The zero-order chi connectivity index (χ0) is 14.8. The van der Waals surface area contributed by atoms with Crippen molar-refractivity contribution in [1.29, 1.82) is 0 Å². The minimum atomic E-state index is -4.55. The van der Waals surface area contributed by atoms with E-state index in [1.54, 1.807) is 0 Å². The highest BCUT2D eigenvalue weighted by Gasteiger charge is 2.31. The van der Waals surface area contributed by atoms with Gasteiger partial charge >= 0.3 is 6.18 Å². The second-order valence-electron chi connectivity index (χ2n) is 3.84. The lowest BCUT2D eigenvalue weighted by molar-refractivity contribution is -0.137. The number of nitrogens with two attached hydrogens (primary N) is 1. The summed E-state index contributed by atoms with van der Waals surface area (Å²) < 4.78 is 37.8. The summed E-state index contributed by atoms with van der Waals surface area (Å²) in [5.41, 5.74) is 4.25. The molecule has 1 aromatic carbocycles. The molecule has 1 aromatic heterocycles. The van der Waals surface area contributed by atoms with Gasteiger partial charge in [-0.25, -0.2) is 4.98 Å². The van der Waals surface area contributed by atoms with E-state index < -0.39 is 17.6 Å². The van der Waals surface area contributed by atoms with Crippen LogP contribution in [0.2, 0.25) is 0 Å². The molecular weight excluding hydrogens is 273 g/mol. The van der Waals surface area contributed by atoms with E-state index in [0.29, 0.717) is 6.07 Å². The molecule has 0 aliphatic rings. The summed E-state index contributed by atoms with van der Waals surface area (Å²) in [6, 6.07) is 2.55. The normalized spacial score (nSPS) is 11.2. The van der Waals surface area contributed by atoms with E-state index in [9.17, 15) is 18.0 Å². The first-order valence-corrected chi connectivity index (χ1v) is 5.42. The third-order valence-electron chi connectivity index (χ3n) is 2.43. The van der Waals surface area contributed by atoms with Crippen LogP contribution in [0.3, 0.4) is 0 Å². The Morgan fingerprint density at radius 1 is 1.25 bits per heavy atom. The summed E-state index contributed by atoms with van der Waals surface area (Å²) in [4.78, 5) is 19.4. The molecule has 2 rings (SSSR count). The van der Waals surface area contributed by atoms with Crippen LogP contribution in [-0.2, 0) is 6.18 Å². The molecule has 0 spiro atoms. The van der Waals surface area contributed by atoms with Crippen molar-refractivity contribution in [1.82, 2.24) is 9.97 Å². The Morgan fingerprint density at radius 3 is 2.60 bits per heavy atom. The summed E-state index contributed by atoms with van der Waals surface area (Å²) in [7, 11) is 0. The number of anilines is 2. The number of carbonyl (C=O) groups is 1. The molecule has 0 fully saturated rings. The average molecular weight is 282 g/mol. The maximum Gasteiger partial charge on any atom is 0.416 e. The maximum absolute atomic E-state index is 12.6. The van der Waals surface area contributed by atoms with Crippen molar-refractivity contribution >= 4 is 17.4 Å². The van der Waals surface area contributed by atoms with E-state index in [2.05, 4.69) is 15.3 Å². The Labute approximate surface area is 111 Å². The summed E-state index contributed by atoms with van der Waals surface area (Å²) in [5.74, 6) is -0.664. The zero-order valence-corrected chi connectivity index (χ0v) is 9.98. The fraction of sp³-hybridized carbons (Fsp3) is 0.0833. The molecule has 20 heavy (non-hydrogen) atoms. The first-order chi connectivity index (χ1) is 9.38. The molecule has 2 aromatic rings. The molecule has 0 radical (unpaired) electrons. The van der Waals surface area contributed by atoms with Crippen LogP contribution in [0.4, 0.5) is 24.7 Å². The molecule has 0 unspecified atom stereocenters. The van der Waals surface area contributed by atoms with Crippen LogP contribution >= 0.6 is 0 Å². The lowest BCUT2D eigenvalue weighted by Crippen LogP contribution is -2.16. The van der Waals surface area contributed by atoms with Crippen molar-refractivity contribution in [2.24, 2.45) is 0 Å². The summed E-state index contributed by atoms with van der Waals surface area (Å²) >= 11 is 0. The van der Waals surface area contributed by atoms with Gasteiger partial charge in [0.1, 0.15) is 0 Å². The van der Waals surface area contributed by atoms with Gasteiger partial charge in [-0.1, -0.05) is 0 Å². The van der Waals surface area contributed by atoms with Crippen LogP contribution < -0.4 is 11.1 Å². The molecule has 1 amide bonds. The number of nitrogen functional groups attached to an aromatic ring is 1. The summed E-state index contributed by atoms with van der Waals surface area (Å²) in [6.07, 6.45) is -0.545. The lowest BCUT2D eigenvalue weighted by atomic mass is 10.1. The number of aromatic nitrogens is 2. The number of carbonyl (C=O) groups excluding carboxylic acids is 1. The molecule has 0 bridgehead atoms. The van der Waals surface area contributed by atoms with Crippen LogP contribution in [0.5, 0.6) is 0 Å². The molecule has 3 N–H and O–H groups in total. The Hall–Kier alpha value is -2.64. The number of hydrogen-bond acceptors (Lipinski definition) is 4. The van der Waals surface area contributed by atoms with E-state index in [0.717, 1.165) is 12.1 Å². The SMILES string of the molecule is Nc1ccc(C(F)(F)F)cc1C(=O)Nc1cnccn1. The van der Waals surface area contributed by atoms with E-state index >= 15 is 0 Å². The van der Waals surface area contributed by atoms with E-state index in [1.807, 2.05) is 0 Å². The highest BCUT2D eigenvalue weighted by molar-refractivity contribution is 6.07. The monoisotopic (exact) mass is 282 g/mol. The average Bonchev–Trinajstić information content (AvgIpc) is 2.39. The fourth-order valence-corrected chi connectivity index (χ4v) is 1.48. The van der Waals surface area contributed by atoms with Crippen molar-refractivity contribution in [2.45, 2.75) is 6.18 Å². The number of halogens is 3. The van der Waals surface area contributed by atoms with Crippen molar-refractivity contribution < 1.29 is 18.0 Å². The third-order valence-corrected chi connectivity index (χ3v) is 2.43. The molecule has 0 aliphatic heterocycles. The minimum Gasteiger partial charge on any atom is -0.398 e. The number of hydrogen-bond donors (Lipinski definition) is 2. The standard InChI is InChI=1S/C12H9F3N4O/c13-12(14,15)7-1-2-9(16)8(5-7)11(20)19-10-6-17-3-4-18-10/h1-6H,16H2,(H,18,19,20). The van der Waals surface area contributed by atoms with Gasteiger partial charge in [0.15, 0.2) is 5.82 Å². The fourth-order valence-electron chi connectivity index (χ4n) is 1.48. The minimum absolute atomic E-state index is 0.0561. The van der Waals surface area contributed by atoms with Gasteiger partial charge in [-0.15, -0.1) is 0 Å².